The summed E-state index contributed by atoms with van der Waals surface area (Å²) in [6, 6.07) is 0. The minimum Gasteiger partial charge on any atom is -0.451 e. The highest BCUT2D eigenvalue weighted by Crippen LogP contribution is 2.71. The van der Waals surface area contributed by atoms with Gasteiger partial charge in [-0.25, -0.2) is 4.79 Å². The number of rotatable bonds is 7. The maximum atomic E-state index is 14.3. The van der Waals surface area contributed by atoms with Gasteiger partial charge in [-0.3, -0.25) is 4.79 Å². The lowest BCUT2D eigenvalue weighted by molar-refractivity contribution is -0.201. The number of allylic oxidation sites excluding steroid dienone is 6. The summed E-state index contributed by atoms with van der Waals surface area (Å²) in [5.41, 5.74) is -2.83. The Morgan fingerprint density at radius 1 is 1.22 bits per heavy atom. The van der Waals surface area contributed by atoms with Gasteiger partial charge in [0.05, 0.1) is 12.0 Å². The van der Waals surface area contributed by atoms with E-state index in [1.807, 2.05) is 25.2 Å². The van der Waals surface area contributed by atoms with Gasteiger partial charge in [0.25, 0.3) is 0 Å². The maximum absolute atomic E-state index is 14.3. The second-order valence-electron chi connectivity index (χ2n) is 11.6. The van der Waals surface area contributed by atoms with Gasteiger partial charge in [-0.05, 0) is 54.1 Å². The Morgan fingerprint density at radius 2 is 1.92 bits per heavy atom. The van der Waals surface area contributed by atoms with Gasteiger partial charge in [0.15, 0.2) is 17.5 Å². The van der Waals surface area contributed by atoms with Crippen molar-refractivity contribution < 1.29 is 29.6 Å². The van der Waals surface area contributed by atoms with Crippen LogP contribution in [0.1, 0.15) is 53.9 Å². The number of hydrogen-bond acceptors (Lipinski definition) is 6. The summed E-state index contributed by atoms with van der Waals surface area (Å²) >= 11 is 0. The first-order valence-corrected chi connectivity index (χ1v) is 13.1. The number of carbonyl (C=O) groups is 2. The van der Waals surface area contributed by atoms with Crippen molar-refractivity contribution in [3.8, 4) is 0 Å². The Hall–Kier alpha value is -2.28. The van der Waals surface area contributed by atoms with Crippen LogP contribution in [0.4, 0.5) is 0 Å². The highest BCUT2D eigenvalue weighted by molar-refractivity contribution is 5.95. The zero-order valence-corrected chi connectivity index (χ0v) is 22.0. The topological polar surface area (TPSA) is 104 Å². The lowest BCUT2D eigenvalue weighted by Crippen LogP contribution is -2.65. The smallest absolute Gasteiger partial charge is 0.331 e. The van der Waals surface area contributed by atoms with Crippen molar-refractivity contribution in [2.24, 2.45) is 34.5 Å². The largest absolute Gasteiger partial charge is 0.451 e. The van der Waals surface area contributed by atoms with Crippen LogP contribution >= 0.6 is 0 Å². The van der Waals surface area contributed by atoms with Gasteiger partial charge in [-0.15, -0.1) is 0 Å². The second-order valence-corrected chi connectivity index (χ2v) is 11.6. The van der Waals surface area contributed by atoms with Crippen molar-refractivity contribution in [2.45, 2.75) is 71.7 Å². The number of aliphatic hydroxyl groups excluding tert-OH is 2. The van der Waals surface area contributed by atoms with Gasteiger partial charge < -0.3 is 20.1 Å². The lowest BCUT2D eigenvalue weighted by atomic mass is 9.59. The Kier molecular flexibility index (Phi) is 7.10. The second kappa shape index (κ2) is 9.55. The molecule has 0 amide bonds. The summed E-state index contributed by atoms with van der Waals surface area (Å²) in [5, 5.41) is 34.0. The average molecular weight is 497 g/mol. The molecule has 0 heterocycles. The minimum absolute atomic E-state index is 0.0338. The predicted molar refractivity (Wildman–Crippen MR) is 138 cm³/mol. The van der Waals surface area contributed by atoms with Gasteiger partial charge in [-0.1, -0.05) is 76.6 Å². The molecule has 8 atom stereocenters. The van der Waals surface area contributed by atoms with Crippen LogP contribution in [0.15, 0.2) is 59.8 Å². The molecule has 2 saturated carbocycles. The van der Waals surface area contributed by atoms with E-state index in [0.29, 0.717) is 11.5 Å². The summed E-state index contributed by atoms with van der Waals surface area (Å²) in [4.78, 5) is 27.0. The van der Waals surface area contributed by atoms with E-state index in [2.05, 4.69) is 20.8 Å². The molecule has 0 saturated heterocycles. The molecular formula is C30H40O6. The fraction of sp³-hybridized carbons (Fsp3) is 0.600. The monoisotopic (exact) mass is 496 g/mol. The predicted octanol–water partition coefficient (Wildman–Crippen LogP) is 3.83. The van der Waals surface area contributed by atoms with E-state index in [9.17, 15) is 24.9 Å². The molecule has 2 fully saturated rings. The van der Waals surface area contributed by atoms with E-state index >= 15 is 0 Å². The van der Waals surface area contributed by atoms with Crippen molar-refractivity contribution in [1.29, 1.82) is 0 Å². The minimum atomic E-state index is -2.11. The third kappa shape index (κ3) is 3.80. The standard InChI is InChI=1S/C30H40O6/c1-6-7-8-9-10-11-12-13-23(32)36-27-18(2)16-29-19(3)14-22-24(28(22,4)5)21(26(29)34)15-20(17-31)25(33)30(27,29)35/h8-13,15-16,19,21-22,24-25,27,31,33,35H,6-7,14,17H2,1-5H3/b9-8+,11-10+,13-12+/t19-,21+,22-,24+,25-,27+,29+,30-/m1/s1. The highest BCUT2D eigenvalue weighted by atomic mass is 16.6. The molecule has 0 radical (unpaired) electrons. The zero-order valence-electron chi connectivity index (χ0n) is 22.0. The Labute approximate surface area is 214 Å². The number of ether oxygens (including phenoxy) is 1. The Bertz CT molecular complexity index is 1060. The number of hydrogen-bond donors (Lipinski definition) is 3. The molecule has 0 aromatic heterocycles. The first-order valence-electron chi connectivity index (χ1n) is 13.1. The summed E-state index contributed by atoms with van der Waals surface area (Å²) in [5.74, 6) is -1.27. The SMILES string of the molecule is CCC/C=C/C=C/C=C/C(=O)O[C@H]1C(C)=C[C@]23C(=O)[C@@H](C=C(CO)[C@@H](O)[C@@]12O)[C@H]1[C@@H](C[C@H]3C)C1(C)C. The number of carbonyl (C=O) groups excluding carboxylic acids is 2. The van der Waals surface area contributed by atoms with Gasteiger partial charge in [0, 0.05) is 12.0 Å². The number of unbranched alkanes of at least 4 members (excludes halogenated alkanes) is 1. The van der Waals surface area contributed by atoms with E-state index in [0.717, 1.165) is 19.3 Å². The molecule has 3 N–H and O–H groups in total. The molecule has 6 heteroatoms. The third-order valence-electron chi connectivity index (χ3n) is 9.29. The van der Waals surface area contributed by atoms with Crippen molar-refractivity contribution >= 4 is 11.8 Å². The number of fused-ring (bicyclic) bond motifs is 3. The highest BCUT2D eigenvalue weighted by Gasteiger charge is 2.76. The van der Waals surface area contributed by atoms with Crippen LogP contribution in [0, 0.1) is 34.5 Å². The molecule has 0 unspecified atom stereocenters. The summed E-state index contributed by atoms with van der Waals surface area (Å²) in [6.07, 6.45) is 13.7. The van der Waals surface area contributed by atoms with Gasteiger partial charge in [0.2, 0.25) is 0 Å². The zero-order chi connectivity index (χ0) is 26.5. The molecule has 196 valence electrons. The lowest BCUT2D eigenvalue weighted by Gasteiger charge is -2.48. The molecule has 2 bridgehead atoms. The quantitative estimate of drug-likeness (QED) is 0.214. The Balaban J connectivity index is 1.68. The summed E-state index contributed by atoms with van der Waals surface area (Å²) < 4.78 is 5.75. The Morgan fingerprint density at radius 3 is 2.58 bits per heavy atom. The first-order chi connectivity index (χ1) is 17.0. The van der Waals surface area contributed by atoms with Crippen molar-refractivity contribution in [2.75, 3.05) is 6.61 Å². The molecule has 4 aliphatic carbocycles. The van der Waals surface area contributed by atoms with Crippen LogP contribution in [-0.2, 0) is 14.3 Å². The van der Waals surface area contributed by atoms with Crippen LogP contribution in [0.5, 0.6) is 0 Å². The number of esters is 1. The van der Waals surface area contributed by atoms with Gasteiger partial charge >= 0.3 is 5.97 Å². The van der Waals surface area contributed by atoms with Crippen molar-refractivity contribution in [1.82, 2.24) is 0 Å². The van der Waals surface area contributed by atoms with E-state index in [4.69, 9.17) is 4.74 Å². The summed E-state index contributed by atoms with van der Waals surface area (Å²) in [7, 11) is 0. The first kappa shape index (κ1) is 26.8. The molecule has 1 spiro atoms. The molecule has 0 aliphatic heterocycles. The molecule has 36 heavy (non-hydrogen) atoms. The summed E-state index contributed by atoms with van der Waals surface area (Å²) in [6.45, 7) is 9.58. The van der Waals surface area contributed by atoms with E-state index in [-0.39, 0.29) is 28.6 Å². The maximum Gasteiger partial charge on any atom is 0.331 e. The van der Waals surface area contributed by atoms with Crippen LogP contribution in [-0.4, -0.2) is 51.5 Å². The van der Waals surface area contributed by atoms with E-state index in [1.54, 1.807) is 31.2 Å². The van der Waals surface area contributed by atoms with Crippen LogP contribution < -0.4 is 0 Å². The molecule has 0 aromatic carbocycles. The van der Waals surface area contributed by atoms with Crippen LogP contribution in [0.3, 0.4) is 0 Å². The van der Waals surface area contributed by atoms with E-state index in [1.165, 1.54) is 6.08 Å². The molecule has 6 nitrogen and oxygen atoms in total. The van der Waals surface area contributed by atoms with E-state index < -0.39 is 41.7 Å². The fourth-order valence-electron chi connectivity index (χ4n) is 7.35. The fourth-order valence-corrected chi connectivity index (χ4v) is 7.35. The van der Waals surface area contributed by atoms with Crippen molar-refractivity contribution in [3.05, 3.63) is 59.8 Å². The van der Waals surface area contributed by atoms with Crippen molar-refractivity contribution in [3.63, 3.8) is 0 Å². The number of aliphatic hydroxyl groups is 3. The van der Waals surface area contributed by atoms with Gasteiger partial charge in [0.1, 0.15) is 6.10 Å². The molecule has 4 aliphatic rings. The molecule has 4 rings (SSSR count). The normalized spacial score (nSPS) is 41.1. The third-order valence-corrected chi connectivity index (χ3v) is 9.29. The number of Topliss-reactive ketones (excluding diaryl/α,β-unsaturated/α-hetero) is 1. The van der Waals surface area contributed by atoms with Crippen LogP contribution in [0.25, 0.3) is 0 Å². The molecule has 0 aromatic rings. The molecular weight excluding hydrogens is 456 g/mol. The van der Waals surface area contributed by atoms with Crippen LogP contribution in [0.2, 0.25) is 0 Å². The average Bonchev–Trinajstić information content (AvgIpc) is 3.32. The van der Waals surface area contributed by atoms with Gasteiger partial charge in [-0.2, -0.15) is 0 Å². The number of ketones is 1.